The van der Waals surface area contributed by atoms with Crippen LogP contribution in [0.5, 0.6) is 0 Å². The van der Waals surface area contributed by atoms with Crippen LogP contribution in [0.25, 0.3) is 0 Å². The van der Waals surface area contributed by atoms with Crippen LogP contribution in [-0.4, -0.2) is 31.3 Å². The van der Waals surface area contributed by atoms with Crippen LogP contribution in [0, 0.1) is 5.41 Å². The van der Waals surface area contributed by atoms with E-state index in [0.717, 1.165) is 0 Å². The molecule has 0 amide bonds. The molecular formula is C11H18O7. The molecule has 0 aromatic heterocycles. The van der Waals surface area contributed by atoms with E-state index in [9.17, 15) is 14.4 Å². The van der Waals surface area contributed by atoms with E-state index in [0.29, 0.717) is 0 Å². The summed E-state index contributed by atoms with van der Waals surface area (Å²) in [6.45, 7) is 7.43. The van der Waals surface area contributed by atoms with Gasteiger partial charge in [0.1, 0.15) is 6.42 Å². The van der Waals surface area contributed by atoms with Crippen LogP contribution < -0.4 is 0 Å². The van der Waals surface area contributed by atoms with Gasteiger partial charge in [-0.15, -0.1) is 0 Å². The molecule has 0 aliphatic carbocycles. The van der Waals surface area contributed by atoms with E-state index in [4.69, 9.17) is 0 Å². The van der Waals surface area contributed by atoms with Gasteiger partial charge in [0.2, 0.25) is 0 Å². The molecule has 7 heteroatoms. The van der Waals surface area contributed by atoms with Crippen LogP contribution in [0.3, 0.4) is 0 Å². The van der Waals surface area contributed by atoms with Crippen molar-refractivity contribution in [3.05, 3.63) is 0 Å². The van der Waals surface area contributed by atoms with Crippen LogP contribution in [-0.2, 0) is 28.8 Å². The van der Waals surface area contributed by atoms with Gasteiger partial charge < -0.3 is 9.47 Å². The molecule has 0 aromatic rings. The third-order valence-electron chi connectivity index (χ3n) is 1.42. The van der Waals surface area contributed by atoms with Gasteiger partial charge in [-0.2, -0.15) is 4.79 Å². The van der Waals surface area contributed by atoms with Crippen molar-refractivity contribution in [1.29, 1.82) is 0 Å². The minimum Gasteiger partial charge on any atom is -0.466 e. The molecule has 0 fully saturated rings. The maximum Gasteiger partial charge on any atom is 0.549 e. The van der Waals surface area contributed by atoms with Gasteiger partial charge in [0, 0.05) is 0 Å². The molecule has 0 saturated heterocycles. The lowest BCUT2D eigenvalue weighted by Gasteiger charge is -2.16. The van der Waals surface area contributed by atoms with Gasteiger partial charge in [0.15, 0.2) is 0 Å². The topological polar surface area (TPSA) is 88.1 Å². The predicted molar refractivity (Wildman–Crippen MR) is 59.2 cm³/mol. The van der Waals surface area contributed by atoms with Gasteiger partial charge in [-0.3, -0.25) is 4.79 Å². The molecule has 0 atom stereocenters. The van der Waals surface area contributed by atoms with Crippen molar-refractivity contribution in [3.63, 3.8) is 0 Å². The van der Waals surface area contributed by atoms with Crippen molar-refractivity contribution in [2.45, 2.75) is 34.1 Å². The van der Waals surface area contributed by atoms with Crippen molar-refractivity contribution in [3.8, 4) is 0 Å². The Balaban J connectivity index is 3.78. The van der Waals surface area contributed by atoms with Gasteiger partial charge in [-0.05, 0) is 12.3 Å². The Bertz CT molecular complexity index is 303. The smallest absolute Gasteiger partial charge is 0.466 e. The van der Waals surface area contributed by atoms with Crippen molar-refractivity contribution in [2.24, 2.45) is 5.41 Å². The Morgan fingerprint density at radius 2 is 1.56 bits per heavy atom. The monoisotopic (exact) mass is 262 g/mol. The number of ether oxygens (including phenoxy) is 2. The summed E-state index contributed by atoms with van der Waals surface area (Å²) in [5.41, 5.74) is -0.228. The van der Waals surface area contributed by atoms with Crippen molar-refractivity contribution in [1.82, 2.24) is 0 Å². The zero-order valence-electron chi connectivity index (χ0n) is 11.0. The minimum atomic E-state index is -1.14. The third kappa shape index (κ3) is 9.44. The second kappa shape index (κ2) is 7.52. The maximum absolute atomic E-state index is 11.0. The SMILES string of the molecule is CCOC(=O)CC(=O)OOC(=O)OCC(C)(C)C. The Hall–Kier alpha value is -1.79. The molecule has 0 saturated carbocycles. The molecule has 0 bridgehead atoms. The lowest BCUT2D eigenvalue weighted by atomic mass is 9.99. The van der Waals surface area contributed by atoms with Crippen molar-refractivity contribution in [2.75, 3.05) is 13.2 Å². The van der Waals surface area contributed by atoms with E-state index in [1.54, 1.807) is 6.92 Å². The van der Waals surface area contributed by atoms with Gasteiger partial charge in [-0.1, -0.05) is 20.8 Å². The first kappa shape index (κ1) is 16.2. The van der Waals surface area contributed by atoms with Gasteiger partial charge in [0.05, 0.1) is 13.2 Å². The largest absolute Gasteiger partial charge is 0.549 e. The zero-order chi connectivity index (χ0) is 14.2. The minimum absolute atomic E-state index is 0.112. The van der Waals surface area contributed by atoms with Crippen molar-refractivity contribution >= 4 is 18.1 Å². The number of esters is 1. The van der Waals surface area contributed by atoms with Crippen LogP contribution >= 0.6 is 0 Å². The average molecular weight is 262 g/mol. The highest BCUT2D eigenvalue weighted by Gasteiger charge is 2.18. The predicted octanol–water partition coefficient (Wildman–Crippen LogP) is 1.60. The summed E-state index contributed by atoms with van der Waals surface area (Å²) in [6, 6.07) is 0. The molecular weight excluding hydrogens is 244 g/mol. The van der Waals surface area contributed by atoms with E-state index >= 15 is 0 Å². The standard InChI is InChI=1S/C11H18O7/c1-5-15-8(12)6-9(13)17-18-10(14)16-7-11(2,3)4/h5-7H2,1-4H3. The number of hydrogen-bond acceptors (Lipinski definition) is 7. The fraction of sp³-hybridized carbons (Fsp3) is 0.727. The fourth-order valence-electron chi connectivity index (χ4n) is 0.739. The molecule has 0 N–H and O–H groups in total. The van der Waals surface area contributed by atoms with E-state index in [-0.39, 0.29) is 18.6 Å². The molecule has 0 rings (SSSR count). The lowest BCUT2D eigenvalue weighted by Crippen LogP contribution is -2.21. The Morgan fingerprint density at radius 3 is 2.06 bits per heavy atom. The Morgan fingerprint density at radius 1 is 0.944 bits per heavy atom. The molecule has 0 heterocycles. The first-order valence-corrected chi connectivity index (χ1v) is 5.44. The number of carbonyl (C=O) groups is 3. The van der Waals surface area contributed by atoms with E-state index in [1.165, 1.54) is 0 Å². The summed E-state index contributed by atoms with van der Waals surface area (Å²) in [7, 11) is 0. The summed E-state index contributed by atoms with van der Waals surface area (Å²) in [4.78, 5) is 40.9. The first-order valence-electron chi connectivity index (χ1n) is 5.44. The highest BCUT2D eigenvalue weighted by molar-refractivity contribution is 5.91. The molecule has 0 aliphatic heterocycles. The lowest BCUT2D eigenvalue weighted by molar-refractivity contribution is -0.244. The van der Waals surface area contributed by atoms with Gasteiger partial charge in [0.25, 0.3) is 0 Å². The Kier molecular flexibility index (Phi) is 6.77. The zero-order valence-corrected chi connectivity index (χ0v) is 11.0. The summed E-state index contributed by atoms with van der Waals surface area (Å²) in [5, 5.41) is 0. The molecule has 0 unspecified atom stereocenters. The number of carbonyl (C=O) groups excluding carboxylic acids is 3. The maximum atomic E-state index is 11.0. The second-order valence-corrected chi connectivity index (χ2v) is 4.62. The van der Waals surface area contributed by atoms with Gasteiger partial charge in [-0.25, -0.2) is 14.6 Å². The summed E-state index contributed by atoms with van der Waals surface area (Å²) >= 11 is 0. The normalized spacial score (nSPS) is 10.4. The molecule has 0 radical (unpaired) electrons. The average Bonchev–Trinajstić information content (AvgIpc) is 2.22. The first-order chi connectivity index (χ1) is 8.24. The second-order valence-electron chi connectivity index (χ2n) is 4.62. The number of hydrogen-bond donors (Lipinski definition) is 0. The van der Waals surface area contributed by atoms with Crippen LogP contribution in [0.2, 0.25) is 0 Å². The summed E-state index contributed by atoms with van der Waals surface area (Å²) < 4.78 is 9.15. The summed E-state index contributed by atoms with van der Waals surface area (Å²) in [5.74, 6) is -1.78. The van der Waals surface area contributed by atoms with E-state index in [2.05, 4.69) is 19.2 Å². The highest BCUT2D eigenvalue weighted by Crippen LogP contribution is 2.13. The van der Waals surface area contributed by atoms with Crippen molar-refractivity contribution < 1.29 is 33.6 Å². The van der Waals surface area contributed by atoms with Crippen LogP contribution in [0.1, 0.15) is 34.1 Å². The highest BCUT2D eigenvalue weighted by atomic mass is 17.2. The van der Waals surface area contributed by atoms with Gasteiger partial charge >= 0.3 is 18.1 Å². The quantitative estimate of drug-likeness (QED) is 0.329. The van der Waals surface area contributed by atoms with Crippen LogP contribution in [0.15, 0.2) is 0 Å². The Labute approximate surface area is 105 Å². The fourth-order valence-corrected chi connectivity index (χ4v) is 0.739. The van der Waals surface area contributed by atoms with E-state index in [1.807, 2.05) is 20.8 Å². The number of rotatable bonds is 4. The van der Waals surface area contributed by atoms with Crippen LogP contribution in [0.4, 0.5) is 4.79 Å². The molecule has 0 aromatic carbocycles. The molecule has 18 heavy (non-hydrogen) atoms. The third-order valence-corrected chi connectivity index (χ3v) is 1.42. The summed E-state index contributed by atoms with van der Waals surface area (Å²) in [6.07, 6.45) is -1.76. The van der Waals surface area contributed by atoms with E-state index < -0.39 is 24.5 Å². The molecule has 104 valence electrons. The molecule has 0 spiro atoms. The molecule has 7 nitrogen and oxygen atoms in total. The molecule has 0 aliphatic rings.